The van der Waals surface area contributed by atoms with E-state index in [0.717, 1.165) is 31.2 Å². The second-order valence-corrected chi connectivity index (χ2v) is 8.57. The molecule has 2 atom stereocenters. The van der Waals surface area contributed by atoms with Crippen molar-refractivity contribution in [2.24, 2.45) is 11.8 Å². The number of likely N-dealkylation sites (tertiary alicyclic amines) is 1. The number of amides is 2. The molecule has 1 aliphatic heterocycles. The Morgan fingerprint density at radius 1 is 1.13 bits per heavy atom. The third kappa shape index (κ3) is 4.42. The van der Waals surface area contributed by atoms with Crippen molar-refractivity contribution < 1.29 is 18.4 Å². The molecule has 2 aliphatic rings. The molecule has 1 saturated heterocycles. The van der Waals surface area contributed by atoms with Gasteiger partial charge in [0.1, 0.15) is 11.6 Å². The molecule has 30 heavy (non-hydrogen) atoms. The maximum Gasteiger partial charge on any atom is 0.226 e. The first kappa shape index (κ1) is 20.6. The summed E-state index contributed by atoms with van der Waals surface area (Å²) in [4.78, 5) is 28.0. The number of hydrogen-bond acceptors (Lipinski definition) is 3. The minimum atomic E-state index is -0.247. The van der Waals surface area contributed by atoms with E-state index in [1.165, 1.54) is 6.07 Å². The molecule has 2 heterocycles. The lowest BCUT2D eigenvalue weighted by Gasteiger charge is -2.41. The van der Waals surface area contributed by atoms with Gasteiger partial charge in [0.05, 0.1) is 24.8 Å². The lowest BCUT2D eigenvalue weighted by molar-refractivity contribution is -0.142. The number of piperidine rings is 1. The highest BCUT2D eigenvalue weighted by molar-refractivity contribution is 5.83. The Morgan fingerprint density at radius 3 is 2.63 bits per heavy atom. The van der Waals surface area contributed by atoms with Gasteiger partial charge in [0.25, 0.3) is 0 Å². The summed E-state index contributed by atoms with van der Waals surface area (Å²) < 4.78 is 19.1. The van der Waals surface area contributed by atoms with Crippen molar-refractivity contribution in [2.75, 3.05) is 6.54 Å². The summed E-state index contributed by atoms with van der Waals surface area (Å²) in [5, 5.41) is 2.93. The molecule has 1 aliphatic carbocycles. The van der Waals surface area contributed by atoms with E-state index in [4.69, 9.17) is 4.42 Å². The van der Waals surface area contributed by atoms with E-state index in [-0.39, 0.29) is 35.5 Å². The van der Waals surface area contributed by atoms with E-state index in [1.54, 1.807) is 25.3 Å². The van der Waals surface area contributed by atoms with Crippen LogP contribution in [0.3, 0.4) is 0 Å². The Kier molecular flexibility index (Phi) is 6.21. The van der Waals surface area contributed by atoms with Crippen LogP contribution in [0.2, 0.25) is 0 Å². The SMILES string of the molecule is Cc1cc(C2CCC(C(=O)NCc3ccco3)CN2C(=O)C2CCCC2)ccc1F. The topological polar surface area (TPSA) is 62.6 Å². The Hall–Kier alpha value is -2.63. The minimum Gasteiger partial charge on any atom is -0.467 e. The second kappa shape index (κ2) is 9.02. The fourth-order valence-electron chi connectivity index (χ4n) is 4.79. The monoisotopic (exact) mass is 412 g/mol. The molecule has 0 spiro atoms. The van der Waals surface area contributed by atoms with Crippen molar-refractivity contribution >= 4 is 11.8 Å². The smallest absolute Gasteiger partial charge is 0.226 e. The summed E-state index contributed by atoms with van der Waals surface area (Å²) >= 11 is 0. The third-order valence-corrected chi connectivity index (χ3v) is 6.52. The first-order valence-corrected chi connectivity index (χ1v) is 10.9. The molecule has 0 bridgehead atoms. The zero-order chi connectivity index (χ0) is 21.1. The molecule has 5 nitrogen and oxygen atoms in total. The molecule has 2 unspecified atom stereocenters. The molecule has 1 saturated carbocycles. The predicted octanol–water partition coefficient (Wildman–Crippen LogP) is 4.51. The summed E-state index contributed by atoms with van der Waals surface area (Å²) in [6.07, 6.45) is 6.97. The lowest BCUT2D eigenvalue weighted by atomic mass is 9.86. The summed E-state index contributed by atoms with van der Waals surface area (Å²) in [7, 11) is 0. The van der Waals surface area contributed by atoms with Crippen LogP contribution >= 0.6 is 0 Å². The average Bonchev–Trinajstić information content (AvgIpc) is 3.47. The Morgan fingerprint density at radius 2 is 1.93 bits per heavy atom. The van der Waals surface area contributed by atoms with Crippen molar-refractivity contribution in [3.63, 3.8) is 0 Å². The van der Waals surface area contributed by atoms with Gasteiger partial charge in [-0.1, -0.05) is 25.0 Å². The van der Waals surface area contributed by atoms with Crippen LogP contribution in [-0.2, 0) is 16.1 Å². The Labute approximate surface area is 176 Å². The number of hydrogen-bond donors (Lipinski definition) is 1. The zero-order valence-electron chi connectivity index (χ0n) is 17.4. The van der Waals surface area contributed by atoms with Gasteiger partial charge < -0.3 is 14.6 Å². The Balaban J connectivity index is 1.50. The van der Waals surface area contributed by atoms with E-state index in [1.807, 2.05) is 17.0 Å². The summed E-state index contributed by atoms with van der Waals surface area (Å²) in [5.74, 6) is 0.352. The average molecular weight is 413 g/mol. The minimum absolute atomic E-state index is 0.0407. The van der Waals surface area contributed by atoms with E-state index in [0.29, 0.717) is 37.3 Å². The molecular formula is C24H29FN2O3. The third-order valence-electron chi connectivity index (χ3n) is 6.52. The van der Waals surface area contributed by atoms with Gasteiger partial charge in [0, 0.05) is 12.5 Å². The summed E-state index contributed by atoms with van der Waals surface area (Å²) in [5.41, 5.74) is 1.54. The van der Waals surface area contributed by atoms with Crippen LogP contribution in [0, 0.1) is 24.6 Å². The van der Waals surface area contributed by atoms with Crippen molar-refractivity contribution in [2.45, 2.75) is 58.0 Å². The predicted molar refractivity (Wildman–Crippen MR) is 111 cm³/mol. The first-order valence-electron chi connectivity index (χ1n) is 10.9. The van der Waals surface area contributed by atoms with Crippen LogP contribution in [0.25, 0.3) is 0 Å². The number of carbonyl (C=O) groups excluding carboxylic acids is 2. The molecule has 160 valence electrons. The van der Waals surface area contributed by atoms with E-state index >= 15 is 0 Å². The molecule has 4 rings (SSSR count). The first-order chi connectivity index (χ1) is 14.5. The van der Waals surface area contributed by atoms with Gasteiger partial charge in [-0.3, -0.25) is 9.59 Å². The highest BCUT2D eigenvalue weighted by Crippen LogP contribution is 2.37. The molecule has 0 radical (unpaired) electrons. The zero-order valence-corrected chi connectivity index (χ0v) is 17.4. The number of benzene rings is 1. The highest BCUT2D eigenvalue weighted by atomic mass is 19.1. The number of nitrogens with one attached hydrogen (secondary N) is 1. The van der Waals surface area contributed by atoms with Gasteiger partial charge in [-0.25, -0.2) is 4.39 Å². The fourth-order valence-corrected chi connectivity index (χ4v) is 4.79. The Bertz CT molecular complexity index is 890. The van der Waals surface area contributed by atoms with Gasteiger partial charge >= 0.3 is 0 Å². The number of nitrogens with zero attached hydrogens (tertiary/aromatic N) is 1. The van der Waals surface area contributed by atoms with Crippen LogP contribution in [-0.4, -0.2) is 23.3 Å². The fraction of sp³-hybridized carbons (Fsp3) is 0.500. The maximum atomic E-state index is 13.8. The van der Waals surface area contributed by atoms with Gasteiger partial charge in [0.15, 0.2) is 0 Å². The molecule has 1 aromatic heterocycles. The molecule has 2 fully saturated rings. The van der Waals surface area contributed by atoms with E-state index < -0.39 is 0 Å². The number of halogens is 1. The van der Waals surface area contributed by atoms with Crippen LogP contribution < -0.4 is 5.32 Å². The lowest BCUT2D eigenvalue weighted by Crippen LogP contribution is -2.48. The van der Waals surface area contributed by atoms with Crippen molar-refractivity contribution in [3.8, 4) is 0 Å². The normalized spacial score (nSPS) is 22.3. The second-order valence-electron chi connectivity index (χ2n) is 8.57. The van der Waals surface area contributed by atoms with Crippen molar-refractivity contribution in [3.05, 3.63) is 59.3 Å². The molecule has 6 heteroatoms. The molecule has 1 aromatic carbocycles. The maximum absolute atomic E-state index is 13.8. The van der Waals surface area contributed by atoms with Crippen molar-refractivity contribution in [1.29, 1.82) is 0 Å². The molecular weight excluding hydrogens is 383 g/mol. The highest BCUT2D eigenvalue weighted by Gasteiger charge is 2.38. The summed E-state index contributed by atoms with van der Waals surface area (Å²) in [6, 6.07) is 8.60. The number of carbonyl (C=O) groups is 2. The standard InChI is InChI=1S/C24H29FN2O3/c1-16-13-18(8-10-21(16)25)22-11-9-19(23(28)26-14-20-7-4-12-30-20)15-27(22)24(29)17-5-2-3-6-17/h4,7-8,10,12-13,17,19,22H,2-3,5-6,9,11,14-15H2,1H3,(H,26,28). The van der Waals surface area contributed by atoms with Crippen LogP contribution in [0.5, 0.6) is 0 Å². The number of aryl methyl sites for hydroxylation is 1. The van der Waals surface area contributed by atoms with E-state index in [2.05, 4.69) is 5.32 Å². The largest absolute Gasteiger partial charge is 0.467 e. The van der Waals surface area contributed by atoms with Crippen LogP contribution in [0.1, 0.15) is 61.5 Å². The molecule has 2 aromatic rings. The van der Waals surface area contributed by atoms with Gasteiger partial charge in [0.2, 0.25) is 11.8 Å². The van der Waals surface area contributed by atoms with Crippen molar-refractivity contribution in [1.82, 2.24) is 10.2 Å². The van der Waals surface area contributed by atoms with Crippen LogP contribution in [0.4, 0.5) is 4.39 Å². The van der Waals surface area contributed by atoms with Gasteiger partial charge in [-0.2, -0.15) is 0 Å². The van der Waals surface area contributed by atoms with Gasteiger partial charge in [-0.15, -0.1) is 0 Å². The molecule has 2 amide bonds. The number of furan rings is 1. The quantitative estimate of drug-likeness (QED) is 0.786. The number of rotatable bonds is 5. The summed E-state index contributed by atoms with van der Waals surface area (Å²) in [6.45, 7) is 2.50. The van der Waals surface area contributed by atoms with E-state index in [9.17, 15) is 14.0 Å². The van der Waals surface area contributed by atoms with Gasteiger partial charge in [-0.05, 0) is 61.9 Å². The van der Waals surface area contributed by atoms with Crippen LogP contribution in [0.15, 0.2) is 41.0 Å². The molecule has 1 N–H and O–H groups in total.